The summed E-state index contributed by atoms with van der Waals surface area (Å²) in [6.45, 7) is 1.97. The van der Waals surface area contributed by atoms with E-state index in [4.69, 9.17) is 16.3 Å². The molecule has 9 heteroatoms. The largest absolute Gasteiger partial charge is 0.376 e. The van der Waals surface area contributed by atoms with Gasteiger partial charge in [0.25, 0.3) is 0 Å². The van der Waals surface area contributed by atoms with E-state index in [1.165, 1.54) is 0 Å². The third kappa shape index (κ3) is 5.21. The van der Waals surface area contributed by atoms with E-state index in [0.717, 1.165) is 25.0 Å². The van der Waals surface area contributed by atoms with E-state index in [0.29, 0.717) is 48.2 Å². The Morgan fingerprint density at radius 1 is 1.21 bits per heavy atom. The zero-order valence-electron chi connectivity index (χ0n) is 16.0. The van der Waals surface area contributed by atoms with Crippen molar-refractivity contribution in [2.75, 3.05) is 18.5 Å². The van der Waals surface area contributed by atoms with Crippen LogP contribution in [0.3, 0.4) is 0 Å². The highest BCUT2D eigenvalue weighted by Gasteiger charge is 2.16. The van der Waals surface area contributed by atoms with Gasteiger partial charge in [-0.05, 0) is 42.7 Å². The summed E-state index contributed by atoms with van der Waals surface area (Å²) in [5, 5.41) is 19.8. The lowest BCUT2D eigenvalue weighted by Gasteiger charge is -2.10. The summed E-state index contributed by atoms with van der Waals surface area (Å²) in [5.74, 6) is 1.34. The van der Waals surface area contributed by atoms with Crippen molar-refractivity contribution in [2.24, 2.45) is 0 Å². The molecule has 0 saturated carbocycles. The SMILES string of the molecule is O=C(CCc1nnc2ccc(NCc3ccc(Cl)cc3)nn12)NCC1CCCO1. The maximum Gasteiger partial charge on any atom is 0.220 e. The van der Waals surface area contributed by atoms with Gasteiger partial charge in [-0.2, -0.15) is 4.52 Å². The predicted octanol–water partition coefficient (Wildman–Crippen LogP) is 2.62. The first-order valence-corrected chi connectivity index (χ1v) is 10.1. The van der Waals surface area contributed by atoms with Gasteiger partial charge in [-0.1, -0.05) is 23.7 Å². The molecule has 0 radical (unpaired) electrons. The molecule has 1 aromatic carbocycles. The summed E-state index contributed by atoms with van der Waals surface area (Å²) >= 11 is 5.92. The standard InChI is InChI=1S/C20H23ClN6O2/c21-15-5-3-14(4-6-15)12-22-17-7-8-18-24-25-19(27(18)26-17)9-10-20(28)23-13-16-2-1-11-29-16/h3-8,16H,1-2,9-13H2,(H,22,26)(H,23,28). The minimum absolute atomic E-state index is 0.0192. The fourth-order valence-electron chi connectivity index (χ4n) is 3.23. The van der Waals surface area contributed by atoms with Crippen LogP contribution in [-0.2, 0) is 22.5 Å². The van der Waals surface area contributed by atoms with E-state index in [-0.39, 0.29) is 12.0 Å². The second kappa shape index (κ2) is 9.19. The number of fused-ring (bicyclic) bond motifs is 1. The smallest absolute Gasteiger partial charge is 0.220 e. The Bertz CT molecular complexity index is 969. The van der Waals surface area contributed by atoms with Crippen molar-refractivity contribution in [1.29, 1.82) is 0 Å². The maximum absolute atomic E-state index is 12.1. The highest BCUT2D eigenvalue weighted by molar-refractivity contribution is 6.30. The van der Waals surface area contributed by atoms with Crippen molar-refractivity contribution in [1.82, 2.24) is 25.1 Å². The Labute approximate surface area is 173 Å². The fraction of sp³-hybridized carbons (Fsp3) is 0.400. The average molecular weight is 415 g/mol. The molecular weight excluding hydrogens is 392 g/mol. The van der Waals surface area contributed by atoms with Crippen LogP contribution in [0.15, 0.2) is 36.4 Å². The van der Waals surface area contributed by atoms with Gasteiger partial charge in [-0.25, -0.2) is 0 Å². The molecule has 1 saturated heterocycles. The van der Waals surface area contributed by atoms with Gasteiger partial charge in [0, 0.05) is 37.6 Å². The molecule has 0 aliphatic carbocycles. The third-order valence-corrected chi connectivity index (χ3v) is 5.09. The molecule has 1 atom stereocenters. The number of carbonyl (C=O) groups excluding carboxylic acids is 1. The lowest BCUT2D eigenvalue weighted by molar-refractivity contribution is -0.121. The monoisotopic (exact) mass is 414 g/mol. The second-order valence-corrected chi connectivity index (χ2v) is 7.46. The van der Waals surface area contributed by atoms with E-state index < -0.39 is 0 Å². The minimum atomic E-state index is -0.0192. The van der Waals surface area contributed by atoms with E-state index >= 15 is 0 Å². The Morgan fingerprint density at radius 2 is 2.07 bits per heavy atom. The molecule has 2 aromatic heterocycles. The number of anilines is 1. The van der Waals surface area contributed by atoms with Crippen molar-refractivity contribution in [3.63, 3.8) is 0 Å². The molecule has 3 heterocycles. The number of halogens is 1. The molecule has 152 valence electrons. The van der Waals surface area contributed by atoms with E-state index in [1.54, 1.807) is 4.52 Å². The number of rotatable bonds is 8. The normalized spacial score (nSPS) is 16.2. The van der Waals surface area contributed by atoms with Crippen LogP contribution in [0.4, 0.5) is 5.82 Å². The van der Waals surface area contributed by atoms with Crippen LogP contribution in [0.25, 0.3) is 5.65 Å². The Hall–Kier alpha value is -2.71. The number of aryl methyl sites for hydroxylation is 1. The zero-order chi connectivity index (χ0) is 20.1. The van der Waals surface area contributed by atoms with E-state index in [9.17, 15) is 4.79 Å². The molecule has 1 fully saturated rings. The number of carbonyl (C=O) groups is 1. The molecule has 8 nitrogen and oxygen atoms in total. The predicted molar refractivity (Wildman–Crippen MR) is 110 cm³/mol. The highest BCUT2D eigenvalue weighted by atomic mass is 35.5. The van der Waals surface area contributed by atoms with Crippen molar-refractivity contribution < 1.29 is 9.53 Å². The van der Waals surface area contributed by atoms with Crippen LogP contribution >= 0.6 is 11.6 Å². The number of hydrogen-bond donors (Lipinski definition) is 2. The molecule has 1 unspecified atom stereocenters. The van der Waals surface area contributed by atoms with Gasteiger partial charge >= 0.3 is 0 Å². The number of nitrogens with one attached hydrogen (secondary N) is 2. The van der Waals surface area contributed by atoms with Gasteiger partial charge in [0.05, 0.1) is 6.10 Å². The summed E-state index contributed by atoms with van der Waals surface area (Å²) < 4.78 is 7.20. The summed E-state index contributed by atoms with van der Waals surface area (Å²) in [6.07, 6.45) is 3.00. The fourth-order valence-corrected chi connectivity index (χ4v) is 3.35. The molecule has 1 aliphatic heterocycles. The van der Waals surface area contributed by atoms with Gasteiger partial charge < -0.3 is 15.4 Å². The molecule has 2 N–H and O–H groups in total. The third-order valence-electron chi connectivity index (χ3n) is 4.84. The summed E-state index contributed by atoms with van der Waals surface area (Å²) in [7, 11) is 0. The lowest BCUT2D eigenvalue weighted by Crippen LogP contribution is -2.32. The Morgan fingerprint density at radius 3 is 2.86 bits per heavy atom. The van der Waals surface area contributed by atoms with Crippen LogP contribution in [0.2, 0.25) is 5.02 Å². The first kappa shape index (κ1) is 19.6. The molecule has 29 heavy (non-hydrogen) atoms. The Balaban J connectivity index is 1.33. The minimum Gasteiger partial charge on any atom is -0.376 e. The van der Waals surface area contributed by atoms with Gasteiger partial charge in [-0.15, -0.1) is 15.3 Å². The average Bonchev–Trinajstić information content (AvgIpc) is 3.40. The zero-order valence-corrected chi connectivity index (χ0v) is 16.7. The number of ether oxygens (including phenoxy) is 1. The molecular formula is C20H23ClN6O2. The van der Waals surface area contributed by atoms with Gasteiger partial charge in [0.2, 0.25) is 5.91 Å². The molecule has 3 aromatic rings. The van der Waals surface area contributed by atoms with Crippen LogP contribution in [-0.4, -0.2) is 45.0 Å². The van der Waals surface area contributed by atoms with Gasteiger partial charge in [0.1, 0.15) is 5.82 Å². The van der Waals surface area contributed by atoms with E-state index in [2.05, 4.69) is 25.9 Å². The van der Waals surface area contributed by atoms with Crippen LogP contribution in [0, 0.1) is 0 Å². The van der Waals surface area contributed by atoms with Crippen LogP contribution in [0.1, 0.15) is 30.7 Å². The summed E-state index contributed by atoms with van der Waals surface area (Å²) in [5.41, 5.74) is 1.75. The summed E-state index contributed by atoms with van der Waals surface area (Å²) in [6, 6.07) is 11.4. The number of aromatic nitrogens is 4. The van der Waals surface area contributed by atoms with Crippen molar-refractivity contribution >= 4 is 29.0 Å². The topological polar surface area (TPSA) is 93.4 Å². The maximum atomic E-state index is 12.1. The van der Waals surface area contributed by atoms with Crippen molar-refractivity contribution in [3.8, 4) is 0 Å². The quantitative estimate of drug-likeness (QED) is 0.588. The molecule has 0 spiro atoms. The van der Waals surface area contributed by atoms with Crippen molar-refractivity contribution in [2.45, 2.75) is 38.3 Å². The first-order valence-electron chi connectivity index (χ1n) is 9.75. The van der Waals surface area contributed by atoms with Gasteiger partial charge in [-0.3, -0.25) is 4.79 Å². The summed E-state index contributed by atoms with van der Waals surface area (Å²) in [4.78, 5) is 12.1. The number of nitrogens with zero attached hydrogens (tertiary/aromatic N) is 4. The first-order chi connectivity index (χ1) is 14.2. The van der Waals surface area contributed by atoms with Crippen LogP contribution < -0.4 is 10.6 Å². The Kier molecular flexibility index (Phi) is 6.21. The molecule has 1 amide bonds. The van der Waals surface area contributed by atoms with Crippen molar-refractivity contribution in [3.05, 3.63) is 52.8 Å². The lowest BCUT2D eigenvalue weighted by atomic mass is 10.2. The molecule has 4 rings (SSSR count). The highest BCUT2D eigenvalue weighted by Crippen LogP contribution is 2.13. The number of hydrogen-bond acceptors (Lipinski definition) is 6. The molecule has 0 bridgehead atoms. The second-order valence-electron chi connectivity index (χ2n) is 7.02. The number of benzene rings is 1. The number of amides is 1. The van der Waals surface area contributed by atoms with Gasteiger partial charge in [0.15, 0.2) is 11.5 Å². The van der Waals surface area contributed by atoms with E-state index in [1.807, 2.05) is 36.4 Å². The van der Waals surface area contributed by atoms with Crippen LogP contribution in [0.5, 0.6) is 0 Å². The molecule has 1 aliphatic rings.